The van der Waals surface area contributed by atoms with Crippen LogP contribution in [0.25, 0.3) is 97.0 Å². The summed E-state index contributed by atoms with van der Waals surface area (Å²) in [5.41, 5.74) is 19.2. The lowest BCUT2D eigenvalue weighted by molar-refractivity contribution is -0.132. The fourth-order valence-corrected chi connectivity index (χ4v) is 7.94. The van der Waals surface area contributed by atoms with Crippen molar-refractivity contribution in [1.82, 2.24) is 19.9 Å². The van der Waals surface area contributed by atoms with Crippen molar-refractivity contribution in [3.63, 3.8) is 0 Å². The normalized spacial score (nSPS) is 12.3. The van der Waals surface area contributed by atoms with Crippen LogP contribution in [0.5, 0.6) is 0 Å². The molecule has 0 radical (unpaired) electrons. The topological polar surface area (TPSA) is 118 Å². The maximum Gasteiger partial charge on any atom is 0.346 e. The number of carbonyl (C=O) groups is 1. The number of hydrogen-bond donors (Lipinski definition) is 3. The lowest BCUT2D eigenvalue weighted by Gasteiger charge is -2.08. The second kappa shape index (κ2) is 15.9. The van der Waals surface area contributed by atoms with Crippen LogP contribution in [0.2, 0.25) is 0 Å². The summed E-state index contributed by atoms with van der Waals surface area (Å²) in [6.45, 7) is 8.31. The SMILES string of the molecule is Cc1ccc(-c2c3nc(c(-c4ccc(C)cc4)c4cc(/C=C\C=C(\C#N)C(=O)O)c([nH]4)c(-c4ccc(C)cc4)c4nc(c(-c5ccc(C)cc5)c5ccc2[nH]5)C=C4)C=C3)cc1. The van der Waals surface area contributed by atoms with Crippen molar-refractivity contribution in [2.24, 2.45) is 0 Å². The molecule has 3 aromatic heterocycles. The molecule has 7 heteroatoms. The highest BCUT2D eigenvalue weighted by Gasteiger charge is 2.20. The zero-order valence-corrected chi connectivity index (χ0v) is 34.2. The summed E-state index contributed by atoms with van der Waals surface area (Å²) in [6.07, 6.45) is 13.1. The van der Waals surface area contributed by atoms with Gasteiger partial charge in [0, 0.05) is 44.4 Å². The van der Waals surface area contributed by atoms with E-state index in [0.29, 0.717) is 0 Å². The summed E-state index contributed by atoms with van der Waals surface area (Å²) in [4.78, 5) is 30.3. The number of aliphatic carboxylic acids is 1. The summed E-state index contributed by atoms with van der Waals surface area (Å²) in [6, 6.07) is 42.0. The van der Waals surface area contributed by atoms with Crippen molar-refractivity contribution in [3.05, 3.63) is 184 Å². The molecule has 0 atom stereocenters. The molecule has 0 fully saturated rings. The molecule has 61 heavy (non-hydrogen) atoms. The van der Waals surface area contributed by atoms with Gasteiger partial charge in [0.1, 0.15) is 11.6 Å². The molecule has 0 saturated heterocycles. The first-order chi connectivity index (χ1) is 29.6. The highest BCUT2D eigenvalue weighted by Crippen LogP contribution is 2.40. The molecule has 2 aliphatic heterocycles. The Balaban J connectivity index is 1.50. The third-order valence-corrected chi connectivity index (χ3v) is 11.1. The number of allylic oxidation sites excluding steroid dienone is 2. The second-order valence-electron chi connectivity index (χ2n) is 15.6. The lowest BCUT2D eigenvalue weighted by atomic mass is 10.00. The van der Waals surface area contributed by atoms with E-state index in [-0.39, 0.29) is 5.57 Å². The van der Waals surface area contributed by atoms with Crippen LogP contribution < -0.4 is 0 Å². The Hall–Kier alpha value is -8.08. The van der Waals surface area contributed by atoms with Gasteiger partial charge >= 0.3 is 5.97 Å². The molecule has 0 spiro atoms. The number of aryl methyl sites for hydroxylation is 4. The Morgan fingerprint density at radius 3 is 1.31 bits per heavy atom. The molecule has 5 heterocycles. The van der Waals surface area contributed by atoms with E-state index in [1.165, 1.54) is 11.6 Å². The number of carboxylic acid groups (broad SMARTS) is 1. The minimum Gasteiger partial charge on any atom is -0.477 e. The monoisotopic (exact) mass is 791 g/mol. The average Bonchev–Trinajstić information content (AvgIpc) is 4.10. The molecule has 294 valence electrons. The summed E-state index contributed by atoms with van der Waals surface area (Å²) in [5.74, 6) is -1.29. The van der Waals surface area contributed by atoms with E-state index in [1.54, 1.807) is 12.1 Å². The van der Waals surface area contributed by atoms with E-state index in [4.69, 9.17) is 9.97 Å². The van der Waals surface area contributed by atoms with Gasteiger partial charge in [-0.1, -0.05) is 131 Å². The van der Waals surface area contributed by atoms with Crippen molar-refractivity contribution in [3.8, 4) is 50.6 Å². The Bertz CT molecular complexity index is 3220. The molecule has 3 N–H and O–H groups in total. The third-order valence-electron chi connectivity index (χ3n) is 11.1. The summed E-state index contributed by atoms with van der Waals surface area (Å²) >= 11 is 0. The maximum absolute atomic E-state index is 11.8. The molecule has 8 bridgehead atoms. The van der Waals surface area contributed by atoms with E-state index >= 15 is 0 Å². The summed E-state index contributed by atoms with van der Waals surface area (Å²) in [5, 5.41) is 19.2. The Morgan fingerprint density at radius 2 is 0.918 bits per heavy atom. The first-order valence-corrected chi connectivity index (χ1v) is 20.1. The molecule has 0 unspecified atom stereocenters. The smallest absolute Gasteiger partial charge is 0.346 e. The van der Waals surface area contributed by atoms with Gasteiger partial charge in [-0.15, -0.1) is 0 Å². The van der Waals surface area contributed by atoms with Gasteiger partial charge in [0.25, 0.3) is 0 Å². The van der Waals surface area contributed by atoms with Crippen LogP contribution in [0, 0.1) is 39.0 Å². The van der Waals surface area contributed by atoms with Gasteiger partial charge in [-0.05, 0) is 98.5 Å². The number of nitrogens with one attached hydrogen (secondary N) is 2. The minimum atomic E-state index is -1.29. The quantitative estimate of drug-likeness (QED) is 0.0844. The van der Waals surface area contributed by atoms with Crippen molar-refractivity contribution < 1.29 is 9.90 Å². The summed E-state index contributed by atoms with van der Waals surface area (Å²) in [7, 11) is 0. The van der Waals surface area contributed by atoms with Crippen LogP contribution in [0.4, 0.5) is 0 Å². The molecule has 0 saturated carbocycles. The van der Waals surface area contributed by atoms with Crippen LogP contribution in [0.1, 0.15) is 50.6 Å². The van der Waals surface area contributed by atoms with Gasteiger partial charge in [-0.3, -0.25) is 0 Å². The fraction of sp³-hybridized carbons (Fsp3) is 0.0741. The summed E-state index contributed by atoms with van der Waals surface area (Å²) < 4.78 is 0. The zero-order chi connectivity index (χ0) is 42.2. The molecular weight excluding hydrogens is 751 g/mol. The van der Waals surface area contributed by atoms with Crippen LogP contribution in [-0.4, -0.2) is 31.0 Å². The number of nitrogens with zero attached hydrogens (tertiary/aromatic N) is 3. The fourth-order valence-electron chi connectivity index (χ4n) is 7.94. The number of benzene rings is 4. The first kappa shape index (κ1) is 38.4. The Morgan fingerprint density at radius 1 is 0.541 bits per heavy atom. The molecule has 0 amide bonds. The van der Waals surface area contributed by atoms with E-state index < -0.39 is 5.97 Å². The van der Waals surface area contributed by atoms with Crippen LogP contribution in [0.3, 0.4) is 0 Å². The highest BCUT2D eigenvalue weighted by molar-refractivity contribution is 6.02. The van der Waals surface area contributed by atoms with Gasteiger partial charge in [0.05, 0.1) is 28.3 Å². The van der Waals surface area contributed by atoms with Crippen molar-refractivity contribution in [2.75, 3.05) is 0 Å². The van der Waals surface area contributed by atoms with Crippen LogP contribution >= 0.6 is 0 Å². The van der Waals surface area contributed by atoms with Crippen LogP contribution in [-0.2, 0) is 4.79 Å². The first-order valence-electron chi connectivity index (χ1n) is 20.1. The van der Waals surface area contributed by atoms with Gasteiger partial charge in [-0.25, -0.2) is 14.8 Å². The lowest BCUT2D eigenvalue weighted by Crippen LogP contribution is -1.96. The standard InChI is InChI=1S/C54H41N5O2/c1-32-8-16-36(17-9-32)49-42-24-25-43(56-42)50(37-18-10-33(2)11-19-37)45-28-29-47(58-45)52(39-22-14-35(4)15-23-39)53-40(6-5-7-41(31-55)54(60)61)30-48(59-53)51(46-27-26-44(49)57-46)38-20-12-34(3)13-21-38/h5-30,56,59H,1-4H3,(H,60,61)/b6-5-,41-7-,49-42?,49-44?,50-43?,50-45?,51-46?,51-48?,52-47?,53-52?. The largest absolute Gasteiger partial charge is 0.477 e. The van der Waals surface area contributed by atoms with Crippen molar-refractivity contribution in [2.45, 2.75) is 27.7 Å². The van der Waals surface area contributed by atoms with E-state index in [2.05, 4.69) is 177 Å². The Labute approximate surface area is 354 Å². The van der Waals surface area contributed by atoms with E-state index in [9.17, 15) is 15.2 Å². The number of carboxylic acids is 1. The number of fused-ring (bicyclic) bond motifs is 8. The van der Waals surface area contributed by atoms with E-state index in [0.717, 1.165) is 112 Å². The van der Waals surface area contributed by atoms with Gasteiger partial charge in [0.2, 0.25) is 0 Å². The Kier molecular flexibility index (Phi) is 10.0. The molecule has 4 aromatic carbocycles. The highest BCUT2D eigenvalue weighted by atomic mass is 16.4. The number of nitriles is 1. The number of aromatic nitrogens is 4. The predicted molar refractivity (Wildman–Crippen MR) is 250 cm³/mol. The van der Waals surface area contributed by atoms with Crippen molar-refractivity contribution >= 4 is 58.4 Å². The van der Waals surface area contributed by atoms with Gasteiger partial charge < -0.3 is 15.1 Å². The number of H-pyrrole nitrogens is 2. The number of hydrogen-bond acceptors (Lipinski definition) is 4. The molecule has 7 nitrogen and oxygen atoms in total. The van der Waals surface area contributed by atoms with E-state index in [1.807, 2.05) is 6.08 Å². The zero-order valence-electron chi connectivity index (χ0n) is 34.2. The third kappa shape index (κ3) is 7.55. The maximum atomic E-state index is 11.8. The predicted octanol–water partition coefficient (Wildman–Crippen LogP) is 13.1. The minimum absolute atomic E-state index is 0.364. The molecule has 7 aromatic rings. The second-order valence-corrected chi connectivity index (χ2v) is 15.6. The van der Waals surface area contributed by atoms with Crippen LogP contribution in [0.15, 0.2) is 133 Å². The molecule has 0 aliphatic carbocycles. The average molecular weight is 792 g/mol. The van der Waals surface area contributed by atoms with Gasteiger partial charge in [-0.2, -0.15) is 5.26 Å². The van der Waals surface area contributed by atoms with Gasteiger partial charge in [0.15, 0.2) is 0 Å². The number of aromatic amines is 2. The van der Waals surface area contributed by atoms with Crippen molar-refractivity contribution in [1.29, 1.82) is 5.26 Å². The molecular formula is C54H41N5O2. The molecule has 9 rings (SSSR count). The number of rotatable bonds is 7. The molecule has 2 aliphatic rings.